The summed E-state index contributed by atoms with van der Waals surface area (Å²) < 4.78 is 1.51. The van der Waals surface area contributed by atoms with Crippen LogP contribution in [0.1, 0.15) is 19.5 Å². The molecule has 1 N–H and O–H groups in total. The Morgan fingerprint density at radius 3 is 2.88 bits per heavy atom. The molecule has 0 saturated carbocycles. The lowest BCUT2D eigenvalue weighted by Gasteiger charge is -2.17. The van der Waals surface area contributed by atoms with Gasteiger partial charge in [0.2, 0.25) is 0 Å². The van der Waals surface area contributed by atoms with Crippen molar-refractivity contribution < 1.29 is 4.92 Å². The average Bonchev–Trinajstić information content (AvgIpc) is 3.02. The zero-order valence-corrected chi connectivity index (χ0v) is 14.3. The van der Waals surface area contributed by atoms with Crippen LogP contribution in [0.15, 0.2) is 42.9 Å². The Bertz CT molecular complexity index is 868. The summed E-state index contributed by atoms with van der Waals surface area (Å²) in [4.78, 5) is 18.7. The lowest BCUT2D eigenvalue weighted by molar-refractivity contribution is -0.397. The first-order valence-corrected chi connectivity index (χ1v) is 7.45. The van der Waals surface area contributed by atoms with Gasteiger partial charge in [0.25, 0.3) is 0 Å². The number of halogens is 2. The van der Waals surface area contributed by atoms with Gasteiger partial charge in [-0.25, -0.2) is 4.57 Å². The molecule has 0 fully saturated rings. The molecule has 0 aliphatic rings. The van der Waals surface area contributed by atoms with Crippen LogP contribution < -0.4 is 5.32 Å². The van der Waals surface area contributed by atoms with E-state index in [2.05, 4.69) is 15.3 Å². The van der Waals surface area contributed by atoms with Crippen LogP contribution in [0.2, 0.25) is 5.02 Å². The molecule has 3 rings (SSSR count). The van der Waals surface area contributed by atoms with Crippen LogP contribution >= 0.6 is 24.0 Å². The molecule has 1 atom stereocenters. The second kappa shape index (κ2) is 7.46. The van der Waals surface area contributed by atoms with Crippen LogP contribution in [-0.4, -0.2) is 19.5 Å². The molecule has 0 bridgehead atoms. The number of hydrogen-bond donors (Lipinski definition) is 1. The summed E-state index contributed by atoms with van der Waals surface area (Å²) in [6.07, 6.45) is 5.06. The van der Waals surface area contributed by atoms with E-state index < -0.39 is 4.92 Å². The van der Waals surface area contributed by atoms with Gasteiger partial charge in [-0.05, 0) is 29.5 Å². The highest BCUT2D eigenvalue weighted by Gasteiger charge is 2.21. The van der Waals surface area contributed by atoms with Gasteiger partial charge >= 0.3 is 5.95 Å². The van der Waals surface area contributed by atoms with Crippen molar-refractivity contribution in [2.75, 3.05) is 5.32 Å². The Labute approximate surface area is 149 Å². The molecule has 0 radical (unpaired) electrons. The van der Waals surface area contributed by atoms with E-state index in [9.17, 15) is 10.1 Å². The van der Waals surface area contributed by atoms with Crippen LogP contribution in [0.3, 0.4) is 0 Å². The number of nitrogens with one attached hydrogen (secondary N) is 1. The number of nitro groups is 1. The fourth-order valence-electron chi connectivity index (χ4n) is 2.42. The third kappa shape index (κ3) is 3.58. The van der Waals surface area contributed by atoms with Gasteiger partial charge < -0.3 is 15.4 Å². The van der Waals surface area contributed by atoms with Crippen molar-refractivity contribution in [2.45, 2.75) is 19.5 Å². The molecule has 0 amide bonds. The second-order valence-electron chi connectivity index (χ2n) is 5.02. The minimum atomic E-state index is -0.495. The molecular weight excluding hydrogens is 353 g/mol. The fourth-order valence-corrected chi connectivity index (χ4v) is 2.59. The van der Waals surface area contributed by atoms with Crippen molar-refractivity contribution in [1.29, 1.82) is 0 Å². The number of rotatable bonds is 5. The largest absolute Gasteiger partial charge is 0.436 e. The third-order valence-corrected chi connectivity index (χ3v) is 3.75. The predicted molar refractivity (Wildman–Crippen MR) is 95.8 cm³/mol. The zero-order valence-electron chi connectivity index (χ0n) is 12.7. The topological polar surface area (TPSA) is 85.9 Å². The van der Waals surface area contributed by atoms with Crippen LogP contribution in [-0.2, 0) is 0 Å². The minimum Gasteiger partial charge on any atom is -0.390 e. The van der Waals surface area contributed by atoms with Gasteiger partial charge in [-0.15, -0.1) is 12.4 Å². The first-order chi connectivity index (χ1) is 11.1. The molecule has 2 aromatic heterocycles. The molecule has 9 heteroatoms. The molecule has 0 saturated heterocycles. The van der Waals surface area contributed by atoms with E-state index in [1.807, 2.05) is 19.1 Å². The van der Waals surface area contributed by atoms with Crippen LogP contribution in [0.4, 0.5) is 11.6 Å². The van der Waals surface area contributed by atoms with E-state index in [1.54, 1.807) is 24.5 Å². The lowest BCUT2D eigenvalue weighted by Crippen LogP contribution is -2.18. The molecule has 0 spiro atoms. The van der Waals surface area contributed by atoms with Crippen molar-refractivity contribution >= 4 is 46.5 Å². The molecule has 3 aromatic rings. The maximum atomic E-state index is 11.0. The monoisotopic (exact) mass is 367 g/mol. The summed E-state index contributed by atoms with van der Waals surface area (Å²) in [6.45, 7) is 1.94. The van der Waals surface area contributed by atoms with Gasteiger partial charge in [-0.2, -0.15) is 0 Å². The Kier molecular flexibility index (Phi) is 5.58. The zero-order chi connectivity index (χ0) is 16.4. The normalized spacial score (nSPS) is 11.8. The summed E-state index contributed by atoms with van der Waals surface area (Å²) >= 11 is 5.95. The van der Waals surface area contributed by atoms with Gasteiger partial charge in [-0.1, -0.05) is 29.6 Å². The van der Waals surface area contributed by atoms with Crippen LogP contribution in [0, 0.1) is 10.1 Å². The Hall–Kier alpha value is -2.38. The van der Waals surface area contributed by atoms with E-state index in [0.29, 0.717) is 11.4 Å². The lowest BCUT2D eigenvalue weighted by atomic mass is 10.2. The third-order valence-electron chi connectivity index (χ3n) is 3.51. The van der Waals surface area contributed by atoms with Crippen molar-refractivity contribution in [3.8, 4) is 0 Å². The Morgan fingerprint density at radius 2 is 2.17 bits per heavy atom. The quantitative estimate of drug-likeness (QED) is 0.532. The standard InChI is InChI=1S/C15H14ClN5O2.ClH/c1-2-14(20-6-5-17-15(20)21(22)23)19-12-7-10-3-4-11(16)8-13(10)18-9-12;/h3-9,14,19H,2H2,1H3;1H. The maximum Gasteiger partial charge on any atom is 0.436 e. The summed E-state index contributed by atoms with van der Waals surface area (Å²) in [5, 5.41) is 15.9. The number of imidazole rings is 1. The number of hydrogen-bond acceptors (Lipinski definition) is 5. The van der Waals surface area contributed by atoms with E-state index >= 15 is 0 Å². The van der Waals surface area contributed by atoms with Crippen molar-refractivity contribution in [3.63, 3.8) is 0 Å². The molecule has 0 aliphatic carbocycles. The van der Waals surface area contributed by atoms with Gasteiger partial charge in [-0.3, -0.25) is 4.98 Å². The number of fused-ring (bicyclic) bond motifs is 1. The summed E-state index contributed by atoms with van der Waals surface area (Å²) in [5.74, 6) is -0.190. The van der Waals surface area contributed by atoms with Gasteiger partial charge in [0.1, 0.15) is 12.4 Å². The maximum absolute atomic E-state index is 11.0. The first kappa shape index (κ1) is 18.0. The van der Waals surface area contributed by atoms with Gasteiger partial charge in [0.05, 0.1) is 17.4 Å². The molecule has 7 nitrogen and oxygen atoms in total. The molecule has 24 heavy (non-hydrogen) atoms. The Morgan fingerprint density at radius 1 is 1.38 bits per heavy atom. The van der Waals surface area contributed by atoms with Gasteiger partial charge in [0.15, 0.2) is 6.17 Å². The van der Waals surface area contributed by atoms with E-state index in [-0.39, 0.29) is 24.5 Å². The highest BCUT2D eigenvalue weighted by atomic mass is 35.5. The molecule has 2 heterocycles. The predicted octanol–water partition coefficient (Wildman–Crippen LogP) is 4.44. The SMILES string of the molecule is CCC(Nc1cnc2cc(Cl)ccc2c1)n1ccnc1[N+](=O)[O-].Cl. The smallest absolute Gasteiger partial charge is 0.390 e. The van der Waals surface area contributed by atoms with Crippen molar-refractivity contribution in [2.24, 2.45) is 0 Å². The number of nitrogens with zero attached hydrogens (tertiary/aromatic N) is 4. The average molecular weight is 368 g/mol. The summed E-state index contributed by atoms with van der Waals surface area (Å²) in [5.41, 5.74) is 1.57. The van der Waals surface area contributed by atoms with E-state index in [4.69, 9.17) is 11.6 Å². The summed E-state index contributed by atoms with van der Waals surface area (Å²) in [6, 6.07) is 7.41. The molecular formula is C15H15Cl2N5O2. The highest BCUT2D eigenvalue weighted by molar-refractivity contribution is 6.31. The Balaban J connectivity index is 0.00000208. The van der Waals surface area contributed by atoms with Crippen molar-refractivity contribution in [1.82, 2.24) is 14.5 Å². The van der Waals surface area contributed by atoms with Crippen LogP contribution in [0.5, 0.6) is 0 Å². The molecule has 1 aromatic carbocycles. The van der Waals surface area contributed by atoms with Gasteiger partial charge in [0, 0.05) is 10.4 Å². The molecule has 0 aliphatic heterocycles. The number of pyridine rings is 1. The molecule has 126 valence electrons. The molecule has 1 unspecified atom stereocenters. The fraction of sp³-hybridized carbons (Fsp3) is 0.200. The number of anilines is 1. The highest BCUT2D eigenvalue weighted by Crippen LogP contribution is 2.24. The van der Waals surface area contributed by atoms with E-state index in [0.717, 1.165) is 16.6 Å². The first-order valence-electron chi connectivity index (χ1n) is 7.07. The second-order valence-corrected chi connectivity index (χ2v) is 5.46. The number of benzene rings is 1. The number of aromatic nitrogens is 3. The summed E-state index contributed by atoms with van der Waals surface area (Å²) in [7, 11) is 0. The minimum absolute atomic E-state index is 0. The van der Waals surface area contributed by atoms with Crippen LogP contribution in [0.25, 0.3) is 10.9 Å². The van der Waals surface area contributed by atoms with Crippen molar-refractivity contribution in [3.05, 3.63) is 58.0 Å². The van der Waals surface area contributed by atoms with E-state index in [1.165, 1.54) is 10.8 Å².